The number of nitrogens with one attached hydrogen (secondary N) is 1. The molecule has 26 heavy (non-hydrogen) atoms. The SMILES string of the molecule is CN(CC(=O)NCCCOc1ccccc1)S(=O)(=O)c1ccc(Br)cc1. The van der Waals surface area contributed by atoms with Crippen LogP contribution in [-0.4, -0.2) is 45.4 Å². The second-order valence-electron chi connectivity index (χ2n) is 5.58. The van der Waals surface area contributed by atoms with Crippen molar-refractivity contribution in [3.63, 3.8) is 0 Å². The Morgan fingerprint density at radius 3 is 2.42 bits per heavy atom. The van der Waals surface area contributed by atoms with E-state index in [-0.39, 0.29) is 17.3 Å². The van der Waals surface area contributed by atoms with Crippen molar-refractivity contribution in [2.45, 2.75) is 11.3 Å². The van der Waals surface area contributed by atoms with E-state index in [2.05, 4.69) is 21.2 Å². The van der Waals surface area contributed by atoms with Crippen LogP contribution in [0.15, 0.2) is 64.0 Å². The maximum Gasteiger partial charge on any atom is 0.243 e. The first-order valence-corrected chi connectivity index (χ1v) is 10.3. The van der Waals surface area contributed by atoms with Crippen LogP contribution in [0.5, 0.6) is 5.75 Å². The number of sulfonamides is 1. The van der Waals surface area contributed by atoms with Crippen LogP contribution in [0.1, 0.15) is 6.42 Å². The number of para-hydroxylation sites is 1. The van der Waals surface area contributed by atoms with Crippen molar-refractivity contribution in [1.29, 1.82) is 0 Å². The summed E-state index contributed by atoms with van der Waals surface area (Å²) in [6, 6.07) is 15.7. The topological polar surface area (TPSA) is 75.7 Å². The van der Waals surface area contributed by atoms with E-state index in [1.165, 1.54) is 19.2 Å². The number of likely N-dealkylation sites (N-methyl/N-ethyl adjacent to an activating group) is 1. The fourth-order valence-electron chi connectivity index (χ4n) is 2.14. The highest BCUT2D eigenvalue weighted by atomic mass is 79.9. The van der Waals surface area contributed by atoms with Crippen molar-refractivity contribution >= 4 is 31.9 Å². The third-order valence-corrected chi connectivity index (χ3v) is 5.89. The van der Waals surface area contributed by atoms with Gasteiger partial charge < -0.3 is 10.1 Å². The third kappa shape index (κ3) is 6.12. The average molecular weight is 441 g/mol. The molecule has 2 aromatic rings. The van der Waals surface area contributed by atoms with Gasteiger partial charge in [-0.3, -0.25) is 4.79 Å². The maximum absolute atomic E-state index is 12.4. The number of carbonyl (C=O) groups excluding carboxylic acids is 1. The number of halogens is 1. The standard InChI is InChI=1S/C18H21BrN2O4S/c1-21(26(23,24)17-10-8-15(19)9-11-17)14-18(22)20-12-5-13-25-16-6-3-2-4-7-16/h2-4,6-11H,5,12-14H2,1H3,(H,20,22). The summed E-state index contributed by atoms with van der Waals surface area (Å²) >= 11 is 3.26. The fourth-order valence-corrected chi connectivity index (χ4v) is 3.53. The number of rotatable bonds is 9. The molecule has 2 rings (SSSR count). The smallest absolute Gasteiger partial charge is 0.243 e. The van der Waals surface area contributed by atoms with Gasteiger partial charge in [-0.2, -0.15) is 4.31 Å². The molecule has 0 bridgehead atoms. The highest BCUT2D eigenvalue weighted by Crippen LogP contribution is 2.17. The van der Waals surface area contributed by atoms with Crippen molar-refractivity contribution in [2.24, 2.45) is 0 Å². The summed E-state index contributed by atoms with van der Waals surface area (Å²) in [6.45, 7) is 0.646. The molecule has 0 aliphatic heterocycles. The van der Waals surface area contributed by atoms with Crippen molar-refractivity contribution in [3.05, 3.63) is 59.1 Å². The molecule has 0 radical (unpaired) electrons. The first-order chi connectivity index (χ1) is 12.4. The molecule has 8 heteroatoms. The summed E-state index contributed by atoms with van der Waals surface area (Å²) in [6.07, 6.45) is 0.629. The Bertz CT molecular complexity index is 811. The minimum Gasteiger partial charge on any atom is -0.494 e. The van der Waals surface area contributed by atoms with Gasteiger partial charge in [-0.25, -0.2) is 8.42 Å². The Morgan fingerprint density at radius 1 is 1.12 bits per heavy atom. The normalized spacial score (nSPS) is 11.3. The highest BCUT2D eigenvalue weighted by Gasteiger charge is 2.22. The van der Waals surface area contributed by atoms with Crippen LogP contribution in [0, 0.1) is 0 Å². The van der Waals surface area contributed by atoms with Gasteiger partial charge >= 0.3 is 0 Å². The average Bonchev–Trinajstić information content (AvgIpc) is 2.62. The van der Waals surface area contributed by atoms with Gasteiger partial charge in [-0.1, -0.05) is 34.1 Å². The van der Waals surface area contributed by atoms with E-state index in [1.807, 2.05) is 30.3 Å². The Balaban J connectivity index is 1.73. The molecule has 0 spiro atoms. The third-order valence-electron chi connectivity index (χ3n) is 3.54. The number of ether oxygens (including phenoxy) is 1. The molecular weight excluding hydrogens is 420 g/mol. The van der Waals surface area contributed by atoms with E-state index in [1.54, 1.807) is 12.1 Å². The van der Waals surface area contributed by atoms with E-state index in [4.69, 9.17) is 4.74 Å². The molecule has 6 nitrogen and oxygen atoms in total. The minimum absolute atomic E-state index is 0.146. The van der Waals surface area contributed by atoms with Crippen LogP contribution in [-0.2, 0) is 14.8 Å². The second kappa shape index (κ2) is 9.70. The molecule has 0 aromatic heterocycles. The van der Waals surface area contributed by atoms with E-state index in [0.717, 1.165) is 14.5 Å². The Labute approximate surface area is 162 Å². The molecule has 0 unspecified atom stereocenters. The zero-order valence-electron chi connectivity index (χ0n) is 14.4. The monoisotopic (exact) mass is 440 g/mol. The predicted molar refractivity (Wildman–Crippen MR) is 104 cm³/mol. The molecule has 140 valence electrons. The van der Waals surface area contributed by atoms with Crippen molar-refractivity contribution in [1.82, 2.24) is 9.62 Å². The van der Waals surface area contributed by atoms with Crippen LogP contribution < -0.4 is 10.1 Å². The van der Waals surface area contributed by atoms with Crippen LogP contribution >= 0.6 is 15.9 Å². The van der Waals surface area contributed by atoms with Crippen LogP contribution in [0.3, 0.4) is 0 Å². The molecule has 2 aromatic carbocycles. The van der Waals surface area contributed by atoms with Gasteiger partial charge in [-0.15, -0.1) is 0 Å². The first-order valence-electron chi connectivity index (χ1n) is 8.06. The zero-order chi connectivity index (χ0) is 19.0. The lowest BCUT2D eigenvalue weighted by Gasteiger charge is -2.17. The minimum atomic E-state index is -3.70. The van der Waals surface area contributed by atoms with Gasteiger partial charge in [0.25, 0.3) is 0 Å². The molecule has 0 atom stereocenters. The summed E-state index contributed by atoms with van der Waals surface area (Å²) in [5.41, 5.74) is 0. The summed E-state index contributed by atoms with van der Waals surface area (Å²) in [4.78, 5) is 12.1. The zero-order valence-corrected chi connectivity index (χ0v) is 16.8. The Morgan fingerprint density at radius 2 is 1.77 bits per heavy atom. The summed E-state index contributed by atoms with van der Waals surface area (Å²) in [5, 5.41) is 2.70. The quantitative estimate of drug-likeness (QED) is 0.608. The number of hydrogen-bond donors (Lipinski definition) is 1. The van der Waals surface area contributed by atoms with Gasteiger partial charge in [0.15, 0.2) is 0 Å². The summed E-state index contributed by atoms with van der Waals surface area (Å²) in [5.74, 6) is 0.423. The molecule has 0 aliphatic carbocycles. The van der Waals surface area contributed by atoms with Gasteiger partial charge in [0.05, 0.1) is 18.0 Å². The Kier molecular flexibility index (Phi) is 7.62. The van der Waals surface area contributed by atoms with E-state index < -0.39 is 10.0 Å². The molecule has 0 saturated heterocycles. The molecular formula is C18H21BrN2O4S. The molecule has 1 N–H and O–H groups in total. The lowest BCUT2D eigenvalue weighted by molar-refractivity contribution is -0.121. The second-order valence-corrected chi connectivity index (χ2v) is 8.54. The molecule has 1 amide bonds. The number of benzene rings is 2. The van der Waals surface area contributed by atoms with E-state index >= 15 is 0 Å². The van der Waals surface area contributed by atoms with E-state index in [0.29, 0.717) is 19.6 Å². The molecule has 0 heterocycles. The molecule has 0 fully saturated rings. The maximum atomic E-state index is 12.4. The van der Waals surface area contributed by atoms with Gasteiger partial charge in [-0.05, 0) is 42.8 Å². The van der Waals surface area contributed by atoms with Crippen LogP contribution in [0.2, 0.25) is 0 Å². The van der Waals surface area contributed by atoms with Gasteiger partial charge in [0.2, 0.25) is 15.9 Å². The number of carbonyl (C=O) groups is 1. The predicted octanol–water partition coefficient (Wildman–Crippen LogP) is 2.65. The fraction of sp³-hybridized carbons (Fsp3) is 0.278. The summed E-state index contributed by atoms with van der Waals surface area (Å²) in [7, 11) is -2.31. The van der Waals surface area contributed by atoms with Crippen LogP contribution in [0.4, 0.5) is 0 Å². The van der Waals surface area contributed by atoms with Crippen LogP contribution in [0.25, 0.3) is 0 Å². The highest BCUT2D eigenvalue weighted by molar-refractivity contribution is 9.10. The van der Waals surface area contributed by atoms with Crippen molar-refractivity contribution in [3.8, 4) is 5.75 Å². The van der Waals surface area contributed by atoms with Crippen molar-refractivity contribution in [2.75, 3.05) is 26.7 Å². The molecule has 0 aliphatic rings. The van der Waals surface area contributed by atoms with Crippen molar-refractivity contribution < 1.29 is 17.9 Å². The number of nitrogens with zero attached hydrogens (tertiary/aromatic N) is 1. The summed E-state index contributed by atoms with van der Waals surface area (Å²) < 4.78 is 32.2. The Hall–Kier alpha value is -1.90. The lowest BCUT2D eigenvalue weighted by Crippen LogP contribution is -2.38. The number of amides is 1. The van der Waals surface area contributed by atoms with Gasteiger partial charge in [0.1, 0.15) is 5.75 Å². The lowest BCUT2D eigenvalue weighted by atomic mass is 10.3. The first kappa shape index (κ1) is 20.4. The molecule has 0 saturated carbocycles. The number of hydrogen-bond acceptors (Lipinski definition) is 4. The van der Waals surface area contributed by atoms with Gasteiger partial charge in [0, 0.05) is 18.1 Å². The largest absolute Gasteiger partial charge is 0.494 e. The van der Waals surface area contributed by atoms with E-state index in [9.17, 15) is 13.2 Å².